The van der Waals surface area contributed by atoms with E-state index < -0.39 is 0 Å². The summed E-state index contributed by atoms with van der Waals surface area (Å²) < 4.78 is 0. The van der Waals surface area contributed by atoms with Crippen LogP contribution in [0.1, 0.15) is 51.3 Å². The van der Waals surface area contributed by atoms with Crippen LogP contribution in [0.2, 0.25) is 0 Å². The number of hydrogen-bond acceptors (Lipinski definition) is 4. The van der Waals surface area contributed by atoms with E-state index in [2.05, 4.69) is 20.4 Å². The standard InChI is InChI=1S/C21H24N4.2H2O/c1-15(2)22-23-17(4)20-11-13-21(14-12-20)18(5)25-24-16(3)19-9-7-6-8-10-19;;/h6-14H,1-5H3;2*1H2/b23-17+,24-16+,25-18+;;. The Bertz CT molecular complexity index is 832. The average molecular weight is 368 g/mol. The van der Waals surface area contributed by atoms with Crippen LogP contribution in [-0.2, 0) is 0 Å². The number of hydrogen-bond donors (Lipinski definition) is 0. The Balaban J connectivity index is 0.00000338. The fraction of sp³-hybridized carbons (Fsp3) is 0.238. The number of rotatable bonds is 5. The highest BCUT2D eigenvalue weighted by atomic mass is 16.0. The topological polar surface area (TPSA) is 112 Å². The van der Waals surface area contributed by atoms with E-state index in [1.54, 1.807) is 0 Å². The Morgan fingerprint density at radius 1 is 0.481 bits per heavy atom. The van der Waals surface area contributed by atoms with E-state index in [1.165, 1.54) is 0 Å². The van der Waals surface area contributed by atoms with E-state index >= 15 is 0 Å². The summed E-state index contributed by atoms with van der Waals surface area (Å²) in [6.45, 7) is 9.74. The second-order valence-corrected chi connectivity index (χ2v) is 6.05. The van der Waals surface area contributed by atoms with Crippen molar-refractivity contribution in [3.8, 4) is 0 Å². The molecule has 2 aromatic carbocycles. The highest BCUT2D eigenvalue weighted by Crippen LogP contribution is 2.09. The van der Waals surface area contributed by atoms with Gasteiger partial charge in [-0.05, 0) is 51.3 Å². The van der Waals surface area contributed by atoms with Crippen molar-refractivity contribution in [1.82, 2.24) is 0 Å². The first kappa shape index (κ1) is 24.0. The van der Waals surface area contributed by atoms with Gasteiger partial charge in [0.2, 0.25) is 0 Å². The normalized spacial score (nSPS) is 12.0. The third-order valence-corrected chi connectivity index (χ3v) is 3.66. The van der Waals surface area contributed by atoms with Gasteiger partial charge in [-0.1, -0.05) is 54.6 Å². The second kappa shape index (κ2) is 11.6. The second-order valence-electron chi connectivity index (χ2n) is 6.05. The number of benzene rings is 2. The van der Waals surface area contributed by atoms with Gasteiger partial charge in [0.05, 0.1) is 17.1 Å². The molecule has 0 saturated carbocycles. The zero-order valence-corrected chi connectivity index (χ0v) is 16.5. The molecule has 6 nitrogen and oxygen atoms in total. The molecule has 0 saturated heterocycles. The van der Waals surface area contributed by atoms with Crippen LogP contribution in [0.15, 0.2) is 75.0 Å². The lowest BCUT2D eigenvalue weighted by atomic mass is 10.1. The molecule has 4 N–H and O–H groups in total. The van der Waals surface area contributed by atoms with E-state index in [1.807, 2.05) is 89.2 Å². The van der Waals surface area contributed by atoms with E-state index in [0.717, 1.165) is 39.5 Å². The minimum absolute atomic E-state index is 0. The Morgan fingerprint density at radius 3 is 1.19 bits per heavy atom. The Morgan fingerprint density at radius 2 is 0.815 bits per heavy atom. The lowest BCUT2D eigenvalue weighted by Gasteiger charge is -2.03. The van der Waals surface area contributed by atoms with Gasteiger partial charge in [0.1, 0.15) is 0 Å². The molecule has 0 aliphatic carbocycles. The van der Waals surface area contributed by atoms with Crippen LogP contribution in [0.4, 0.5) is 0 Å². The summed E-state index contributed by atoms with van der Waals surface area (Å²) >= 11 is 0. The van der Waals surface area contributed by atoms with Crippen LogP contribution in [-0.4, -0.2) is 33.8 Å². The van der Waals surface area contributed by atoms with Crippen molar-refractivity contribution in [2.24, 2.45) is 20.4 Å². The molecule has 0 aliphatic heterocycles. The summed E-state index contributed by atoms with van der Waals surface area (Å²) in [5, 5.41) is 17.0. The smallest absolute Gasteiger partial charge is 0.0671 e. The van der Waals surface area contributed by atoms with Gasteiger partial charge in [0.25, 0.3) is 0 Å². The van der Waals surface area contributed by atoms with Crippen molar-refractivity contribution in [2.45, 2.75) is 34.6 Å². The third kappa shape index (κ3) is 7.43. The monoisotopic (exact) mass is 368 g/mol. The predicted octanol–water partition coefficient (Wildman–Crippen LogP) is 3.48. The summed E-state index contributed by atoms with van der Waals surface area (Å²) in [5.41, 5.74) is 6.76. The highest BCUT2D eigenvalue weighted by Gasteiger charge is 2.01. The van der Waals surface area contributed by atoms with E-state index in [-0.39, 0.29) is 11.0 Å². The Labute approximate surface area is 160 Å². The molecule has 0 aliphatic rings. The van der Waals surface area contributed by atoms with Gasteiger partial charge in [-0.25, -0.2) is 0 Å². The molecule has 27 heavy (non-hydrogen) atoms. The third-order valence-electron chi connectivity index (χ3n) is 3.66. The van der Waals surface area contributed by atoms with Crippen LogP contribution in [0.3, 0.4) is 0 Å². The zero-order valence-electron chi connectivity index (χ0n) is 16.5. The van der Waals surface area contributed by atoms with Gasteiger partial charge in [-0.15, -0.1) is 0 Å². The average Bonchev–Trinajstić information content (AvgIpc) is 2.64. The minimum Gasteiger partial charge on any atom is -0.412 e. The molecule has 0 spiro atoms. The predicted molar refractivity (Wildman–Crippen MR) is 116 cm³/mol. The summed E-state index contributed by atoms with van der Waals surface area (Å²) in [4.78, 5) is 0. The quantitative estimate of drug-likeness (QED) is 0.568. The molecule has 0 unspecified atom stereocenters. The first-order chi connectivity index (χ1) is 12.0. The van der Waals surface area contributed by atoms with Gasteiger partial charge in [-0.3, -0.25) is 0 Å². The van der Waals surface area contributed by atoms with Crippen molar-refractivity contribution < 1.29 is 11.0 Å². The summed E-state index contributed by atoms with van der Waals surface area (Å²) in [6, 6.07) is 18.2. The Kier molecular flexibility index (Phi) is 10.3. The fourth-order valence-corrected chi connectivity index (χ4v) is 2.13. The van der Waals surface area contributed by atoms with Crippen molar-refractivity contribution in [3.05, 3.63) is 71.3 Å². The maximum Gasteiger partial charge on any atom is 0.0671 e. The fourth-order valence-electron chi connectivity index (χ4n) is 2.13. The van der Waals surface area contributed by atoms with Gasteiger partial charge in [0, 0.05) is 5.71 Å². The molecule has 6 heteroatoms. The van der Waals surface area contributed by atoms with Crippen LogP contribution in [0.5, 0.6) is 0 Å². The maximum absolute atomic E-state index is 4.36. The molecular formula is C21H28N4O2. The molecule has 0 atom stereocenters. The molecular weight excluding hydrogens is 340 g/mol. The lowest BCUT2D eigenvalue weighted by Crippen LogP contribution is -1.99. The first-order valence-electron chi connectivity index (χ1n) is 8.28. The van der Waals surface area contributed by atoms with E-state index in [0.29, 0.717) is 0 Å². The van der Waals surface area contributed by atoms with Crippen LogP contribution < -0.4 is 0 Å². The summed E-state index contributed by atoms with van der Waals surface area (Å²) in [5.74, 6) is 0. The molecule has 2 aromatic rings. The Hall–Kier alpha value is -2.96. The molecule has 144 valence electrons. The van der Waals surface area contributed by atoms with Gasteiger partial charge in [-0.2, -0.15) is 20.4 Å². The zero-order chi connectivity index (χ0) is 18.2. The molecule has 2 rings (SSSR count). The van der Waals surface area contributed by atoms with Gasteiger partial charge >= 0.3 is 0 Å². The maximum atomic E-state index is 4.36. The lowest BCUT2D eigenvalue weighted by molar-refractivity contribution is 0.823. The molecule has 0 fully saturated rings. The minimum atomic E-state index is 0. The van der Waals surface area contributed by atoms with Crippen LogP contribution >= 0.6 is 0 Å². The van der Waals surface area contributed by atoms with E-state index in [4.69, 9.17) is 0 Å². The van der Waals surface area contributed by atoms with Gasteiger partial charge in [0.15, 0.2) is 0 Å². The highest BCUT2D eigenvalue weighted by molar-refractivity contribution is 6.03. The molecule has 0 heterocycles. The van der Waals surface area contributed by atoms with Crippen LogP contribution in [0.25, 0.3) is 0 Å². The largest absolute Gasteiger partial charge is 0.412 e. The molecule has 0 aromatic heterocycles. The van der Waals surface area contributed by atoms with Crippen LogP contribution in [0, 0.1) is 0 Å². The SMILES string of the molecule is CC(C)=N/N=C(\C)c1ccc(/C(C)=N/N=C(\C)c2ccccc2)cc1.O.O. The van der Waals surface area contributed by atoms with Gasteiger partial charge < -0.3 is 11.0 Å². The van der Waals surface area contributed by atoms with Crippen molar-refractivity contribution in [3.63, 3.8) is 0 Å². The summed E-state index contributed by atoms with van der Waals surface area (Å²) in [7, 11) is 0. The molecule has 0 bridgehead atoms. The molecule has 0 amide bonds. The molecule has 0 radical (unpaired) electrons. The van der Waals surface area contributed by atoms with Crippen molar-refractivity contribution >= 4 is 22.8 Å². The number of nitrogens with zero attached hydrogens (tertiary/aromatic N) is 4. The van der Waals surface area contributed by atoms with Crippen molar-refractivity contribution in [2.75, 3.05) is 0 Å². The first-order valence-corrected chi connectivity index (χ1v) is 8.28. The van der Waals surface area contributed by atoms with E-state index in [9.17, 15) is 0 Å². The van der Waals surface area contributed by atoms with Crippen molar-refractivity contribution in [1.29, 1.82) is 0 Å². The summed E-state index contributed by atoms with van der Waals surface area (Å²) in [6.07, 6.45) is 0.